The second-order valence-electron chi connectivity index (χ2n) is 3.57. The van der Waals surface area contributed by atoms with E-state index in [-0.39, 0.29) is 0 Å². The fraction of sp³-hybridized carbons (Fsp3) is 0.385. The number of thioether (sulfide) groups is 1. The van der Waals surface area contributed by atoms with Crippen molar-refractivity contribution in [3.8, 4) is 0 Å². The summed E-state index contributed by atoms with van der Waals surface area (Å²) in [7, 11) is 0. The van der Waals surface area contributed by atoms with Crippen molar-refractivity contribution in [2.24, 2.45) is 0 Å². The lowest BCUT2D eigenvalue weighted by atomic mass is 10.2. The van der Waals surface area contributed by atoms with Gasteiger partial charge in [-0.1, -0.05) is 37.3 Å². The van der Waals surface area contributed by atoms with Crippen LogP contribution in [0.25, 0.3) is 0 Å². The number of aryl methyl sites for hydroxylation is 1. The highest BCUT2D eigenvalue weighted by Gasteiger charge is 2.07. The van der Waals surface area contributed by atoms with Crippen LogP contribution in [0.15, 0.2) is 41.3 Å². The Morgan fingerprint density at radius 3 is 2.64 bits per heavy atom. The lowest BCUT2D eigenvalue weighted by Crippen LogP contribution is -1.97. The van der Waals surface area contributed by atoms with Crippen molar-refractivity contribution >= 4 is 11.8 Å². The van der Waals surface area contributed by atoms with Crippen LogP contribution in [0, 0.1) is 0 Å². The zero-order chi connectivity index (χ0) is 10.6. The quantitative estimate of drug-likeness (QED) is 0.522. The molecule has 0 radical (unpaired) electrons. The van der Waals surface area contributed by atoms with Crippen molar-refractivity contribution in [1.82, 2.24) is 0 Å². The lowest BCUT2D eigenvalue weighted by Gasteiger charge is -2.13. The van der Waals surface area contributed by atoms with Crippen LogP contribution in [-0.2, 0) is 6.42 Å². The first-order valence-corrected chi connectivity index (χ1v) is 5.93. The molecular formula is C13H18S. The van der Waals surface area contributed by atoms with Gasteiger partial charge in [-0.05, 0) is 31.9 Å². The monoisotopic (exact) mass is 206 g/mol. The van der Waals surface area contributed by atoms with Gasteiger partial charge in [0, 0.05) is 10.1 Å². The topological polar surface area (TPSA) is 0 Å². The van der Waals surface area contributed by atoms with E-state index in [1.165, 1.54) is 16.0 Å². The summed E-state index contributed by atoms with van der Waals surface area (Å²) in [4.78, 5) is 1.39. The van der Waals surface area contributed by atoms with Gasteiger partial charge in [-0.25, -0.2) is 0 Å². The van der Waals surface area contributed by atoms with Crippen LogP contribution in [0.1, 0.15) is 26.3 Å². The maximum Gasteiger partial charge on any atom is 0.0270 e. The fourth-order valence-corrected chi connectivity index (χ4v) is 2.30. The normalized spacial score (nSPS) is 12.5. The molecule has 1 aromatic carbocycles. The molecule has 1 rings (SSSR count). The summed E-state index contributed by atoms with van der Waals surface area (Å²) < 4.78 is 0. The molecule has 1 atom stereocenters. The molecule has 0 unspecified atom stereocenters. The van der Waals surface area contributed by atoms with Gasteiger partial charge in [0.1, 0.15) is 0 Å². The maximum atomic E-state index is 3.99. The first-order chi connectivity index (χ1) is 6.65. The Morgan fingerprint density at radius 1 is 1.43 bits per heavy atom. The zero-order valence-electron chi connectivity index (χ0n) is 9.21. The molecule has 0 nitrogen and oxygen atoms in total. The molecule has 14 heavy (non-hydrogen) atoms. The summed E-state index contributed by atoms with van der Waals surface area (Å²) in [5, 5.41) is 0.502. The minimum Gasteiger partial charge on any atom is -0.118 e. The van der Waals surface area contributed by atoms with Gasteiger partial charge in [0.2, 0.25) is 0 Å². The smallest absolute Gasteiger partial charge is 0.0270 e. The number of benzene rings is 1. The number of hydrogen-bond acceptors (Lipinski definition) is 1. The van der Waals surface area contributed by atoms with E-state index in [0.717, 1.165) is 6.42 Å². The van der Waals surface area contributed by atoms with Gasteiger partial charge >= 0.3 is 0 Å². The molecule has 0 saturated heterocycles. The van der Waals surface area contributed by atoms with Crippen LogP contribution >= 0.6 is 11.8 Å². The molecule has 0 bridgehead atoms. The summed E-state index contributed by atoms with van der Waals surface area (Å²) >= 11 is 1.90. The van der Waals surface area contributed by atoms with E-state index in [0.29, 0.717) is 5.25 Å². The van der Waals surface area contributed by atoms with Gasteiger partial charge in [-0.15, -0.1) is 11.8 Å². The molecule has 0 heterocycles. The third-order valence-corrected chi connectivity index (χ3v) is 3.76. The molecule has 1 heteroatoms. The van der Waals surface area contributed by atoms with Crippen molar-refractivity contribution < 1.29 is 0 Å². The van der Waals surface area contributed by atoms with Gasteiger partial charge in [-0.3, -0.25) is 0 Å². The summed E-state index contributed by atoms with van der Waals surface area (Å²) in [6.07, 6.45) is 1.10. The van der Waals surface area contributed by atoms with E-state index in [9.17, 15) is 0 Å². The molecule has 0 aromatic heterocycles. The van der Waals surface area contributed by atoms with Crippen LogP contribution in [0.5, 0.6) is 0 Å². The van der Waals surface area contributed by atoms with E-state index < -0.39 is 0 Å². The van der Waals surface area contributed by atoms with Gasteiger partial charge < -0.3 is 0 Å². The second kappa shape index (κ2) is 5.26. The fourth-order valence-electron chi connectivity index (χ4n) is 1.20. The van der Waals surface area contributed by atoms with Crippen molar-refractivity contribution in [1.29, 1.82) is 0 Å². The van der Waals surface area contributed by atoms with Gasteiger partial charge in [0.05, 0.1) is 0 Å². The molecule has 0 fully saturated rings. The number of rotatable bonds is 4. The van der Waals surface area contributed by atoms with Crippen LogP contribution in [0.2, 0.25) is 0 Å². The Labute approximate surface area is 91.4 Å². The molecule has 0 aliphatic rings. The highest BCUT2D eigenvalue weighted by molar-refractivity contribution is 8.00. The number of hydrogen-bond donors (Lipinski definition) is 0. The zero-order valence-corrected chi connectivity index (χ0v) is 10.0. The second-order valence-corrected chi connectivity index (χ2v) is 4.95. The predicted molar refractivity (Wildman–Crippen MR) is 66.0 cm³/mol. The largest absolute Gasteiger partial charge is 0.118 e. The third kappa shape index (κ3) is 2.91. The molecular weight excluding hydrogens is 188 g/mol. The molecule has 76 valence electrons. The Bertz CT molecular complexity index is 315. The Morgan fingerprint density at radius 2 is 2.07 bits per heavy atom. The predicted octanol–water partition coefficient (Wildman–Crippen LogP) is 4.31. The average molecular weight is 206 g/mol. The van der Waals surface area contributed by atoms with Crippen molar-refractivity contribution in [3.05, 3.63) is 42.0 Å². The minimum absolute atomic E-state index is 0.502. The maximum absolute atomic E-state index is 3.99. The van der Waals surface area contributed by atoms with E-state index in [4.69, 9.17) is 0 Å². The molecule has 0 spiro atoms. The van der Waals surface area contributed by atoms with Gasteiger partial charge in [0.15, 0.2) is 0 Å². The van der Waals surface area contributed by atoms with Crippen molar-refractivity contribution in [2.45, 2.75) is 37.3 Å². The first kappa shape index (κ1) is 11.4. The summed E-state index contributed by atoms with van der Waals surface area (Å²) in [6.45, 7) is 10.5. The van der Waals surface area contributed by atoms with E-state index in [1.54, 1.807) is 0 Å². The highest BCUT2D eigenvalue weighted by atomic mass is 32.2. The summed E-state index contributed by atoms with van der Waals surface area (Å²) in [5.41, 5.74) is 2.67. The molecule has 0 aliphatic carbocycles. The summed E-state index contributed by atoms with van der Waals surface area (Å²) in [6, 6.07) is 8.61. The van der Waals surface area contributed by atoms with Crippen LogP contribution in [-0.4, -0.2) is 5.25 Å². The van der Waals surface area contributed by atoms with E-state index >= 15 is 0 Å². The van der Waals surface area contributed by atoms with Gasteiger partial charge in [0.25, 0.3) is 0 Å². The lowest BCUT2D eigenvalue weighted by molar-refractivity contribution is 1.07. The average Bonchev–Trinajstić information content (AvgIpc) is 2.18. The SMILES string of the molecule is C=C(C)[C@@H](C)Sc1ccccc1CC. The highest BCUT2D eigenvalue weighted by Crippen LogP contribution is 2.29. The molecule has 0 aliphatic heterocycles. The van der Waals surface area contributed by atoms with Crippen LogP contribution < -0.4 is 0 Å². The standard InChI is InChI=1S/C13H18S/c1-5-12-8-6-7-9-13(12)14-11(4)10(2)3/h6-9,11H,2,5H2,1,3-4H3/t11-/m1/s1. The van der Waals surface area contributed by atoms with Crippen molar-refractivity contribution in [3.63, 3.8) is 0 Å². The van der Waals surface area contributed by atoms with E-state index in [2.05, 4.69) is 51.6 Å². The summed E-state index contributed by atoms with van der Waals surface area (Å²) in [5.74, 6) is 0. The Kier molecular flexibility index (Phi) is 4.27. The molecule has 0 saturated carbocycles. The Balaban J connectivity index is 2.80. The third-order valence-electron chi connectivity index (χ3n) is 2.35. The van der Waals surface area contributed by atoms with E-state index in [1.807, 2.05) is 11.8 Å². The van der Waals surface area contributed by atoms with Crippen molar-refractivity contribution in [2.75, 3.05) is 0 Å². The molecule has 1 aromatic rings. The molecule has 0 amide bonds. The van der Waals surface area contributed by atoms with Gasteiger partial charge in [-0.2, -0.15) is 0 Å². The molecule has 0 N–H and O–H groups in total. The Hall–Kier alpha value is -0.690. The van der Waals surface area contributed by atoms with Crippen LogP contribution in [0.4, 0.5) is 0 Å². The van der Waals surface area contributed by atoms with Crippen LogP contribution in [0.3, 0.4) is 0 Å². The minimum atomic E-state index is 0.502. The first-order valence-electron chi connectivity index (χ1n) is 5.05.